The molecule has 0 spiro atoms. The van der Waals surface area contributed by atoms with E-state index >= 15 is 0 Å². The van der Waals surface area contributed by atoms with Crippen LogP contribution in [0.5, 0.6) is 5.75 Å². The predicted octanol–water partition coefficient (Wildman–Crippen LogP) is 1.40. The molecule has 2 atom stereocenters. The summed E-state index contributed by atoms with van der Waals surface area (Å²) in [5, 5.41) is 11.5. The first-order valence-electron chi connectivity index (χ1n) is 6.69. The number of carbonyl (C=O) groups excluding carboxylic acids is 1. The van der Waals surface area contributed by atoms with Crippen LogP contribution in [0.15, 0.2) is 24.3 Å². The van der Waals surface area contributed by atoms with Crippen LogP contribution in [-0.4, -0.2) is 43.9 Å². The number of hydrogen-bond acceptors (Lipinski definition) is 4. The van der Waals surface area contributed by atoms with Crippen molar-refractivity contribution < 1.29 is 24.2 Å². The van der Waals surface area contributed by atoms with E-state index in [1.807, 2.05) is 6.92 Å². The fourth-order valence-corrected chi connectivity index (χ4v) is 2.02. The van der Waals surface area contributed by atoms with Crippen LogP contribution in [0.25, 0.3) is 0 Å². The Hall–Kier alpha value is -2.08. The molecule has 0 heterocycles. The highest BCUT2D eigenvalue weighted by Crippen LogP contribution is 2.22. The molecule has 1 amide bonds. The zero-order valence-corrected chi connectivity index (χ0v) is 12.5. The van der Waals surface area contributed by atoms with Gasteiger partial charge in [0.15, 0.2) is 6.04 Å². The second kappa shape index (κ2) is 8.26. The SMILES string of the molecule is CCC(C(=O)NC(COC)C(=O)O)c1ccc(OC)cc1. The second-order valence-electron chi connectivity index (χ2n) is 4.59. The molecule has 0 bridgehead atoms. The van der Waals surface area contributed by atoms with E-state index in [2.05, 4.69) is 5.32 Å². The minimum absolute atomic E-state index is 0.0693. The van der Waals surface area contributed by atoms with Crippen LogP contribution < -0.4 is 10.1 Å². The zero-order chi connectivity index (χ0) is 15.8. The summed E-state index contributed by atoms with van der Waals surface area (Å²) < 4.78 is 9.88. The molecule has 0 aliphatic rings. The Morgan fingerprint density at radius 3 is 2.29 bits per heavy atom. The van der Waals surface area contributed by atoms with Crippen LogP contribution in [0.1, 0.15) is 24.8 Å². The highest BCUT2D eigenvalue weighted by molar-refractivity contribution is 5.88. The number of amides is 1. The molecule has 2 unspecified atom stereocenters. The Balaban J connectivity index is 2.82. The molecule has 0 fully saturated rings. The van der Waals surface area contributed by atoms with E-state index in [1.165, 1.54) is 7.11 Å². The number of nitrogens with one attached hydrogen (secondary N) is 1. The Morgan fingerprint density at radius 1 is 1.24 bits per heavy atom. The normalized spacial score (nSPS) is 13.3. The standard InChI is InChI=1S/C15H21NO5/c1-4-12(10-5-7-11(21-3)8-6-10)14(17)16-13(9-20-2)15(18)19/h5-8,12-13H,4,9H2,1-3H3,(H,16,17)(H,18,19). The number of carbonyl (C=O) groups is 2. The molecule has 1 aromatic rings. The summed E-state index contributed by atoms with van der Waals surface area (Å²) in [7, 11) is 2.96. The van der Waals surface area contributed by atoms with Crippen LogP contribution in [-0.2, 0) is 14.3 Å². The van der Waals surface area contributed by atoms with Gasteiger partial charge in [0.05, 0.1) is 19.6 Å². The third-order valence-corrected chi connectivity index (χ3v) is 3.19. The number of carboxylic acid groups (broad SMARTS) is 1. The molecule has 1 aromatic carbocycles. The van der Waals surface area contributed by atoms with Gasteiger partial charge in [-0.1, -0.05) is 19.1 Å². The Kier molecular flexibility index (Phi) is 6.68. The van der Waals surface area contributed by atoms with Crippen LogP contribution in [0.3, 0.4) is 0 Å². The summed E-state index contributed by atoms with van der Waals surface area (Å²) in [5.74, 6) is -1.15. The lowest BCUT2D eigenvalue weighted by Crippen LogP contribution is -2.45. The van der Waals surface area contributed by atoms with Crippen molar-refractivity contribution in [1.29, 1.82) is 0 Å². The summed E-state index contributed by atoms with van der Waals surface area (Å²) in [6.07, 6.45) is 0.567. The fourth-order valence-electron chi connectivity index (χ4n) is 2.02. The largest absolute Gasteiger partial charge is 0.497 e. The fraction of sp³-hybridized carbons (Fsp3) is 0.467. The Bertz CT molecular complexity index is 471. The summed E-state index contributed by atoms with van der Waals surface area (Å²) in [4.78, 5) is 23.3. The average molecular weight is 295 g/mol. The maximum Gasteiger partial charge on any atom is 0.328 e. The van der Waals surface area contributed by atoms with Crippen molar-refractivity contribution in [1.82, 2.24) is 5.32 Å². The molecule has 6 nitrogen and oxygen atoms in total. The van der Waals surface area contributed by atoms with Gasteiger partial charge in [-0.25, -0.2) is 4.79 Å². The lowest BCUT2D eigenvalue weighted by atomic mass is 9.95. The molecule has 2 N–H and O–H groups in total. The highest BCUT2D eigenvalue weighted by atomic mass is 16.5. The van der Waals surface area contributed by atoms with Crippen molar-refractivity contribution in [3.63, 3.8) is 0 Å². The van der Waals surface area contributed by atoms with E-state index in [-0.39, 0.29) is 12.5 Å². The molecule has 0 aliphatic heterocycles. The van der Waals surface area contributed by atoms with Crippen molar-refractivity contribution in [2.45, 2.75) is 25.3 Å². The van der Waals surface area contributed by atoms with Crippen LogP contribution in [0, 0.1) is 0 Å². The molecule has 0 aliphatic carbocycles. The maximum absolute atomic E-state index is 12.3. The van der Waals surface area contributed by atoms with Gasteiger partial charge >= 0.3 is 5.97 Å². The summed E-state index contributed by atoms with van der Waals surface area (Å²) in [6, 6.07) is 6.11. The van der Waals surface area contributed by atoms with Crippen molar-refractivity contribution in [3.05, 3.63) is 29.8 Å². The molecule has 0 saturated heterocycles. The van der Waals surface area contributed by atoms with Crippen molar-refractivity contribution in [3.8, 4) is 5.75 Å². The van der Waals surface area contributed by atoms with E-state index in [1.54, 1.807) is 31.4 Å². The van der Waals surface area contributed by atoms with E-state index in [4.69, 9.17) is 14.6 Å². The van der Waals surface area contributed by atoms with Crippen molar-refractivity contribution in [2.75, 3.05) is 20.8 Å². The smallest absolute Gasteiger partial charge is 0.328 e. The van der Waals surface area contributed by atoms with Gasteiger partial charge in [0.2, 0.25) is 5.91 Å². The minimum atomic E-state index is -1.12. The first kappa shape index (κ1) is 17.0. The monoisotopic (exact) mass is 295 g/mol. The lowest BCUT2D eigenvalue weighted by molar-refractivity contribution is -0.143. The molecule has 21 heavy (non-hydrogen) atoms. The maximum atomic E-state index is 12.3. The number of ether oxygens (including phenoxy) is 2. The predicted molar refractivity (Wildman–Crippen MR) is 77.5 cm³/mol. The van der Waals surface area contributed by atoms with Gasteiger partial charge in [-0.05, 0) is 24.1 Å². The van der Waals surface area contributed by atoms with E-state index in [9.17, 15) is 9.59 Å². The van der Waals surface area contributed by atoms with Gasteiger partial charge in [0.1, 0.15) is 5.75 Å². The molecule has 1 rings (SSSR count). The van der Waals surface area contributed by atoms with Gasteiger partial charge in [-0.3, -0.25) is 4.79 Å². The lowest BCUT2D eigenvalue weighted by Gasteiger charge is -2.19. The Labute approximate surface area is 124 Å². The summed E-state index contributed by atoms with van der Waals surface area (Å²) in [5.41, 5.74) is 0.817. The summed E-state index contributed by atoms with van der Waals surface area (Å²) in [6.45, 7) is 1.81. The quantitative estimate of drug-likeness (QED) is 0.757. The number of benzene rings is 1. The van der Waals surface area contributed by atoms with Crippen LogP contribution in [0.2, 0.25) is 0 Å². The first-order valence-corrected chi connectivity index (χ1v) is 6.69. The zero-order valence-electron chi connectivity index (χ0n) is 12.5. The van der Waals surface area contributed by atoms with Crippen molar-refractivity contribution in [2.24, 2.45) is 0 Å². The third kappa shape index (κ3) is 4.75. The van der Waals surface area contributed by atoms with E-state index < -0.39 is 17.9 Å². The highest BCUT2D eigenvalue weighted by Gasteiger charge is 2.25. The van der Waals surface area contributed by atoms with Gasteiger partial charge in [-0.15, -0.1) is 0 Å². The third-order valence-electron chi connectivity index (χ3n) is 3.19. The summed E-state index contributed by atoms with van der Waals surface area (Å²) >= 11 is 0. The molecular weight excluding hydrogens is 274 g/mol. The number of methoxy groups -OCH3 is 2. The molecule has 116 valence electrons. The number of hydrogen-bond donors (Lipinski definition) is 2. The number of aliphatic carboxylic acids is 1. The van der Waals surface area contributed by atoms with Gasteiger partial charge < -0.3 is 19.9 Å². The van der Waals surface area contributed by atoms with Gasteiger partial charge in [-0.2, -0.15) is 0 Å². The topological polar surface area (TPSA) is 84.9 Å². The van der Waals surface area contributed by atoms with E-state index in [0.29, 0.717) is 12.2 Å². The molecule has 0 radical (unpaired) electrons. The van der Waals surface area contributed by atoms with Crippen LogP contribution >= 0.6 is 0 Å². The number of rotatable bonds is 8. The minimum Gasteiger partial charge on any atom is -0.497 e. The Morgan fingerprint density at radius 2 is 1.86 bits per heavy atom. The average Bonchev–Trinajstić information content (AvgIpc) is 2.48. The second-order valence-corrected chi connectivity index (χ2v) is 4.59. The van der Waals surface area contributed by atoms with Crippen molar-refractivity contribution >= 4 is 11.9 Å². The molecule has 0 saturated carbocycles. The van der Waals surface area contributed by atoms with Gasteiger partial charge in [0, 0.05) is 7.11 Å². The first-order chi connectivity index (χ1) is 10.0. The molecular formula is C15H21NO5. The molecule has 6 heteroatoms. The molecule has 0 aromatic heterocycles. The van der Waals surface area contributed by atoms with Crippen LogP contribution in [0.4, 0.5) is 0 Å². The van der Waals surface area contributed by atoms with Gasteiger partial charge in [0.25, 0.3) is 0 Å². The number of carboxylic acids is 1. The van der Waals surface area contributed by atoms with E-state index in [0.717, 1.165) is 5.56 Å².